The van der Waals surface area contributed by atoms with Gasteiger partial charge in [0.1, 0.15) is 0 Å². The van der Waals surface area contributed by atoms with Crippen LogP contribution in [0.3, 0.4) is 0 Å². The summed E-state index contributed by atoms with van der Waals surface area (Å²) in [5.41, 5.74) is 6.75. The Kier molecular flexibility index (Phi) is 4.65. The van der Waals surface area contributed by atoms with Crippen LogP contribution in [0.2, 0.25) is 0 Å². The second-order valence-corrected chi connectivity index (χ2v) is 7.71. The molecule has 2 nitrogen and oxygen atoms in total. The minimum absolute atomic E-state index is 0.0270. The lowest BCUT2D eigenvalue weighted by atomic mass is 9.71. The number of ether oxygens (including phenoxy) is 1. The van der Waals surface area contributed by atoms with Crippen LogP contribution < -0.4 is 5.73 Å². The van der Waals surface area contributed by atoms with E-state index in [4.69, 9.17) is 10.5 Å². The second kappa shape index (κ2) is 5.27. The van der Waals surface area contributed by atoms with Gasteiger partial charge in [-0.15, -0.1) is 0 Å². The summed E-state index contributed by atoms with van der Waals surface area (Å²) < 4.78 is 6.16. The van der Waals surface area contributed by atoms with Gasteiger partial charge in [0.15, 0.2) is 0 Å². The van der Waals surface area contributed by atoms with Crippen LogP contribution in [0.25, 0.3) is 0 Å². The van der Waals surface area contributed by atoms with E-state index in [1.54, 1.807) is 0 Å². The minimum atomic E-state index is -0.0270. The Morgan fingerprint density at radius 2 is 1.59 bits per heavy atom. The third kappa shape index (κ3) is 4.97. The zero-order chi connectivity index (χ0) is 13.2. The molecule has 0 radical (unpaired) electrons. The van der Waals surface area contributed by atoms with Gasteiger partial charge in [0.2, 0.25) is 0 Å². The van der Waals surface area contributed by atoms with Crippen molar-refractivity contribution in [2.24, 2.45) is 16.6 Å². The van der Waals surface area contributed by atoms with Crippen LogP contribution >= 0.6 is 0 Å². The molecule has 0 saturated heterocycles. The van der Waals surface area contributed by atoms with E-state index < -0.39 is 0 Å². The zero-order valence-corrected chi connectivity index (χ0v) is 12.4. The van der Waals surface area contributed by atoms with E-state index in [0.29, 0.717) is 17.4 Å². The van der Waals surface area contributed by atoms with Crippen LogP contribution in [0, 0.1) is 10.8 Å². The summed E-state index contributed by atoms with van der Waals surface area (Å²) in [6.07, 6.45) is 5.83. The van der Waals surface area contributed by atoms with E-state index in [9.17, 15) is 0 Å². The Labute approximate surface area is 107 Å². The van der Waals surface area contributed by atoms with Crippen LogP contribution in [0.1, 0.15) is 66.7 Å². The molecule has 0 bridgehead atoms. The van der Waals surface area contributed by atoms with Gasteiger partial charge < -0.3 is 10.5 Å². The molecule has 17 heavy (non-hydrogen) atoms. The number of rotatable bonds is 4. The summed E-state index contributed by atoms with van der Waals surface area (Å²) in [7, 11) is 0. The van der Waals surface area contributed by atoms with Crippen LogP contribution in [0.5, 0.6) is 0 Å². The van der Waals surface area contributed by atoms with Crippen molar-refractivity contribution in [3.8, 4) is 0 Å². The molecular formula is C15H31NO. The fraction of sp³-hybridized carbons (Fsp3) is 1.00. The van der Waals surface area contributed by atoms with Gasteiger partial charge in [-0.2, -0.15) is 0 Å². The van der Waals surface area contributed by atoms with E-state index in [1.807, 2.05) is 0 Å². The first-order valence-electron chi connectivity index (χ1n) is 7.02. The molecule has 0 spiro atoms. The number of hydrogen-bond acceptors (Lipinski definition) is 2. The van der Waals surface area contributed by atoms with E-state index >= 15 is 0 Å². The maximum absolute atomic E-state index is 6.16. The third-order valence-corrected chi connectivity index (χ3v) is 4.15. The Morgan fingerprint density at radius 1 is 1.06 bits per heavy atom. The summed E-state index contributed by atoms with van der Waals surface area (Å²) in [5.74, 6) is 0. The normalized spacial score (nSPS) is 23.6. The van der Waals surface area contributed by atoms with Crippen molar-refractivity contribution in [1.82, 2.24) is 0 Å². The Balaban J connectivity index is 2.43. The van der Waals surface area contributed by atoms with Crippen molar-refractivity contribution in [3.63, 3.8) is 0 Å². The third-order valence-electron chi connectivity index (χ3n) is 4.15. The lowest BCUT2D eigenvalue weighted by Gasteiger charge is -2.43. The summed E-state index contributed by atoms with van der Waals surface area (Å²) in [5, 5.41) is 0. The molecule has 1 aliphatic carbocycles. The van der Waals surface area contributed by atoms with Gasteiger partial charge in [-0.3, -0.25) is 0 Å². The van der Waals surface area contributed by atoms with Crippen LogP contribution in [0.4, 0.5) is 0 Å². The Bertz CT molecular complexity index is 230. The standard InChI is InChI=1S/C15H31NO/c1-13(2,3)10-11-17-15(12-16)8-6-14(4,5)7-9-15/h6-12,16H2,1-5H3. The molecule has 0 unspecified atom stereocenters. The molecule has 1 aliphatic rings. The highest BCUT2D eigenvalue weighted by molar-refractivity contribution is 4.91. The predicted molar refractivity (Wildman–Crippen MR) is 74.1 cm³/mol. The first-order chi connectivity index (χ1) is 7.68. The van der Waals surface area contributed by atoms with Crippen molar-refractivity contribution < 1.29 is 4.74 Å². The van der Waals surface area contributed by atoms with Crippen LogP contribution in [0.15, 0.2) is 0 Å². The quantitative estimate of drug-likeness (QED) is 0.814. The summed E-state index contributed by atoms with van der Waals surface area (Å²) in [6, 6.07) is 0. The monoisotopic (exact) mass is 241 g/mol. The summed E-state index contributed by atoms with van der Waals surface area (Å²) in [4.78, 5) is 0. The molecular weight excluding hydrogens is 210 g/mol. The molecule has 0 atom stereocenters. The first-order valence-corrected chi connectivity index (χ1v) is 7.02. The van der Waals surface area contributed by atoms with Gasteiger partial charge in [-0.1, -0.05) is 34.6 Å². The zero-order valence-electron chi connectivity index (χ0n) is 12.4. The van der Waals surface area contributed by atoms with Crippen LogP contribution in [-0.4, -0.2) is 18.8 Å². The van der Waals surface area contributed by atoms with Crippen molar-refractivity contribution in [2.45, 2.75) is 72.3 Å². The average molecular weight is 241 g/mol. The van der Waals surface area contributed by atoms with Gasteiger partial charge >= 0.3 is 0 Å². The van der Waals surface area contributed by atoms with E-state index in [-0.39, 0.29) is 5.60 Å². The molecule has 2 N–H and O–H groups in total. The van der Waals surface area contributed by atoms with Crippen molar-refractivity contribution in [3.05, 3.63) is 0 Å². The molecule has 1 saturated carbocycles. The maximum Gasteiger partial charge on any atom is 0.0804 e. The smallest absolute Gasteiger partial charge is 0.0804 e. The summed E-state index contributed by atoms with van der Waals surface area (Å²) >= 11 is 0. The molecule has 0 heterocycles. The van der Waals surface area contributed by atoms with Crippen molar-refractivity contribution in [1.29, 1.82) is 0 Å². The van der Waals surface area contributed by atoms with Gasteiger partial charge in [-0.25, -0.2) is 0 Å². The maximum atomic E-state index is 6.16. The molecule has 0 aliphatic heterocycles. The fourth-order valence-electron chi connectivity index (χ4n) is 2.36. The fourth-order valence-corrected chi connectivity index (χ4v) is 2.36. The molecule has 0 aromatic heterocycles. The van der Waals surface area contributed by atoms with Gasteiger partial charge in [0, 0.05) is 13.2 Å². The Morgan fingerprint density at radius 3 is 2.00 bits per heavy atom. The topological polar surface area (TPSA) is 35.2 Å². The van der Waals surface area contributed by atoms with E-state index in [2.05, 4.69) is 34.6 Å². The molecule has 0 aromatic carbocycles. The van der Waals surface area contributed by atoms with Crippen molar-refractivity contribution >= 4 is 0 Å². The number of hydrogen-bond donors (Lipinski definition) is 1. The van der Waals surface area contributed by atoms with E-state index in [0.717, 1.165) is 25.9 Å². The second-order valence-electron chi connectivity index (χ2n) is 7.71. The van der Waals surface area contributed by atoms with Crippen molar-refractivity contribution in [2.75, 3.05) is 13.2 Å². The highest BCUT2D eigenvalue weighted by Crippen LogP contribution is 2.41. The van der Waals surface area contributed by atoms with Gasteiger partial charge in [0.05, 0.1) is 5.60 Å². The average Bonchev–Trinajstić information content (AvgIpc) is 2.19. The predicted octanol–water partition coefficient (Wildman–Crippen LogP) is 3.74. The molecule has 1 rings (SSSR count). The molecule has 1 fully saturated rings. The minimum Gasteiger partial charge on any atom is -0.374 e. The Hall–Kier alpha value is -0.0800. The SMILES string of the molecule is CC(C)(C)CCOC1(CN)CCC(C)(C)CC1. The lowest BCUT2D eigenvalue weighted by Crippen LogP contribution is -2.46. The lowest BCUT2D eigenvalue weighted by molar-refractivity contribution is -0.0870. The molecule has 0 amide bonds. The first kappa shape index (κ1) is 15.0. The summed E-state index contributed by atoms with van der Waals surface area (Å²) in [6.45, 7) is 13.0. The highest BCUT2D eigenvalue weighted by atomic mass is 16.5. The largest absolute Gasteiger partial charge is 0.374 e. The van der Waals surface area contributed by atoms with Crippen LogP contribution in [-0.2, 0) is 4.74 Å². The van der Waals surface area contributed by atoms with Gasteiger partial charge in [0.25, 0.3) is 0 Å². The van der Waals surface area contributed by atoms with Gasteiger partial charge in [-0.05, 0) is 42.9 Å². The molecule has 102 valence electrons. The number of nitrogens with two attached hydrogens (primary N) is 1. The highest BCUT2D eigenvalue weighted by Gasteiger charge is 2.38. The molecule has 0 aromatic rings. The molecule has 2 heteroatoms. The van der Waals surface area contributed by atoms with E-state index in [1.165, 1.54) is 12.8 Å².